The maximum absolute atomic E-state index is 12.3. The fraction of sp³-hybridized carbons (Fsp3) is 0.0625. The molecule has 1 aliphatic rings. The fourth-order valence-corrected chi connectivity index (χ4v) is 2.43. The van der Waals surface area contributed by atoms with E-state index in [-0.39, 0.29) is 5.78 Å². The normalized spacial score (nSPS) is 15.1. The second kappa shape index (κ2) is 5.13. The van der Waals surface area contributed by atoms with E-state index in [2.05, 4.69) is 15.9 Å². The highest BCUT2D eigenvalue weighted by atomic mass is 79.9. The Hall–Kier alpha value is -2.07. The monoisotopic (exact) mass is 330 g/mol. The molecule has 1 aliphatic heterocycles. The highest BCUT2D eigenvalue weighted by Crippen LogP contribution is 2.35. The van der Waals surface area contributed by atoms with E-state index in [0.29, 0.717) is 22.8 Å². The Morgan fingerprint density at radius 2 is 2.00 bits per heavy atom. The van der Waals surface area contributed by atoms with Gasteiger partial charge >= 0.3 is 0 Å². The van der Waals surface area contributed by atoms with Crippen LogP contribution in [0.3, 0.4) is 0 Å². The number of carbonyl (C=O) groups is 1. The molecule has 20 heavy (non-hydrogen) atoms. The van der Waals surface area contributed by atoms with Crippen LogP contribution in [0, 0.1) is 0 Å². The number of hydrogen-bond acceptors (Lipinski definition) is 3. The van der Waals surface area contributed by atoms with E-state index >= 15 is 0 Å². The lowest BCUT2D eigenvalue weighted by Crippen LogP contribution is -1.98. The first-order valence-electron chi connectivity index (χ1n) is 6.06. The van der Waals surface area contributed by atoms with E-state index in [0.717, 1.165) is 10.0 Å². The molecule has 0 N–H and O–H groups in total. The van der Waals surface area contributed by atoms with E-state index in [1.54, 1.807) is 31.4 Å². The quantitative estimate of drug-likeness (QED) is 0.778. The molecule has 0 spiro atoms. The SMILES string of the molecule is COc1ccc2c(c1)O/C(=C/c1ccccc1Br)C2=O. The standard InChI is InChI=1S/C16H11BrO3/c1-19-11-6-7-12-14(9-11)20-15(16(12)18)8-10-4-2-3-5-13(10)17/h2-9H,1H3/b15-8+. The molecule has 2 aromatic rings. The maximum Gasteiger partial charge on any atom is 0.231 e. The van der Waals surface area contributed by atoms with Gasteiger partial charge in [0.15, 0.2) is 5.76 Å². The molecule has 0 saturated carbocycles. The summed E-state index contributed by atoms with van der Waals surface area (Å²) in [5, 5.41) is 0. The molecule has 0 amide bonds. The van der Waals surface area contributed by atoms with Gasteiger partial charge in [0, 0.05) is 10.5 Å². The van der Waals surface area contributed by atoms with Gasteiger partial charge in [0.25, 0.3) is 0 Å². The number of halogens is 1. The van der Waals surface area contributed by atoms with Crippen molar-refractivity contribution in [3.8, 4) is 11.5 Å². The summed E-state index contributed by atoms with van der Waals surface area (Å²) in [6.07, 6.45) is 1.74. The Morgan fingerprint density at radius 1 is 1.20 bits per heavy atom. The second-order valence-electron chi connectivity index (χ2n) is 4.32. The minimum atomic E-state index is -0.113. The zero-order valence-electron chi connectivity index (χ0n) is 10.7. The number of rotatable bonds is 2. The molecule has 0 radical (unpaired) electrons. The Kier molecular flexibility index (Phi) is 3.32. The van der Waals surface area contributed by atoms with Crippen LogP contribution in [0.5, 0.6) is 11.5 Å². The van der Waals surface area contributed by atoms with Crippen LogP contribution in [-0.4, -0.2) is 12.9 Å². The van der Waals surface area contributed by atoms with Crippen LogP contribution < -0.4 is 9.47 Å². The molecule has 0 aliphatic carbocycles. The summed E-state index contributed by atoms with van der Waals surface area (Å²) in [6, 6.07) is 12.8. The van der Waals surface area contributed by atoms with Crippen LogP contribution in [0.1, 0.15) is 15.9 Å². The van der Waals surface area contributed by atoms with Gasteiger partial charge < -0.3 is 9.47 Å². The van der Waals surface area contributed by atoms with Crippen molar-refractivity contribution in [1.29, 1.82) is 0 Å². The van der Waals surface area contributed by atoms with Crippen molar-refractivity contribution in [3.05, 3.63) is 63.8 Å². The number of methoxy groups -OCH3 is 1. The van der Waals surface area contributed by atoms with Crippen molar-refractivity contribution >= 4 is 27.8 Å². The number of carbonyl (C=O) groups excluding carboxylic acids is 1. The zero-order valence-corrected chi connectivity index (χ0v) is 12.3. The van der Waals surface area contributed by atoms with Gasteiger partial charge in [0.1, 0.15) is 11.5 Å². The van der Waals surface area contributed by atoms with Gasteiger partial charge in [0.05, 0.1) is 12.7 Å². The molecular weight excluding hydrogens is 320 g/mol. The molecule has 0 bridgehead atoms. The number of Topliss-reactive ketones (excluding diaryl/α,β-unsaturated/α-hetero) is 1. The van der Waals surface area contributed by atoms with Gasteiger partial charge in [0.2, 0.25) is 5.78 Å². The van der Waals surface area contributed by atoms with Crippen molar-refractivity contribution in [2.24, 2.45) is 0 Å². The van der Waals surface area contributed by atoms with Crippen molar-refractivity contribution in [2.45, 2.75) is 0 Å². The molecule has 2 aromatic carbocycles. The number of benzene rings is 2. The van der Waals surface area contributed by atoms with Crippen molar-refractivity contribution in [3.63, 3.8) is 0 Å². The first-order chi connectivity index (χ1) is 9.69. The van der Waals surface area contributed by atoms with Gasteiger partial charge in [-0.3, -0.25) is 4.79 Å². The number of hydrogen-bond donors (Lipinski definition) is 0. The highest BCUT2D eigenvalue weighted by molar-refractivity contribution is 9.10. The average molecular weight is 331 g/mol. The van der Waals surface area contributed by atoms with Gasteiger partial charge in [-0.25, -0.2) is 0 Å². The summed E-state index contributed by atoms with van der Waals surface area (Å²) in [7, 11) is 1.58. The summed E-state index contributed by atoms with van der Waals surface area (Å²) in [5.41, 5.74) is 1.46. The predicted molar refractivity (Wildman–Crippen MR) is 80.1 cm³/mol. The van der Waals surface area contributed by atoms with Gasteiger partial charge in [-0.1, -0.05) is 34.1 Å². The summed E-state index contributed by atoms with van der Waals surface area (Å²) >= 11 is 3.45. The Bertz CT molecular complexity index is 719. The molecule has 0 fully saturated rings. The van der Waals surface area contributed by atoms with Crippen LogP contribution >= 0.6 is 15.9 Å². The smallest absolute Gasteiger partial charge is 0.231 e. The summed E-state index contributed by atoms with van der Waals surface area (Å²) in [5.74, 6) is 1.41. The van der Waals surface area contributed by atoms with E-state index < -0.39 is 0 Å². The number of fused-ring (bicyclic) bond motifs is 1. The first kappa shape index (κ1) is 12.9. The lowest BCUT2D eigenvalue weighted by molar-refractivity contribution is 0.101. The van der Waals surface area contributed by atoms with Crippen molar-refractivity contribution < 1.29 is 14.3 Å². The highest BCUT2D eigenvalue weighted by Gasteiger charge is 2.27. The first-order valence-corrected chi connectivity index (χ1v) is 6.85. The van der Waals surface area contributed by atoms with Gasteiger partial charge in [-0.15, -0.1) is 0 Å². The number of ketones is 1. The van der Waals surface area contributed by atoms with Crippen LogP contribution in [0.4, 0.5) is 0 Å². The van der Waals surface area contributed by atoms with Crippen molar-refractivity contribution in [1.82, 2.24) is 0 Å². The third kappa shape index (κ3) is 2.23. The Labute approximate surface area is 125 Å². The average Bonchev–Trinajstić information content (AvgIpc) is 2.77. The van der Waals surface area contributed by atoms with Crippen LogP contribution in [0.15, 0.2) is 52.7 Å². The van der Waals surface area contributed by atoms with Crippen LogP contribution in [-0.2, 0) is 0 Å². The minimum absolute atomic E-state index is 0.113. The Balaban J connectivity index is 1.99. The summed E-state index contributed by atoms with van der Waals surface area (Å²) < 4.78 is 11.7. The third-order valence-corrected chi connectivity index (χ3v) is 3.79. The van der Waals surface area contributed by atoms with Gasteiger partial charge in [-0.05, 0) is 29.8 Å². The molecule has 4 heteroatoms. The van der Waals surface area contributed by atoms with E-state index in [1.807, 2.05) is 24.3 Å². The van der Waals surface area contributed by atoms with Crippen LogP contribution in [0.25, 0.3) is 6.08 Å². The molecule has 3 rings (SSSR count). The molecule has 100 valence electrons. The molecule has 3 nitrogen and oxygen atoms in total. The van der Waals surface area contributed by atoms with E-state index in [9.17, 15) is 4.79 Å². The largest absolute Gasteiger partial charge is 0.497 e. The van der Waals surface area contributed by atoms with E-state index in [1.165, 1.54) is 0 Å². The van der Waals surface area contributed by atoms with Crippen LogP contribution in [0.2, 0.25) is 0 Å². The summed E-state index contributed by atoms with van der Waals surface area (Å²) in [4.78, 5) is 12.3. The molecule has 0 atom stereocenters. The minimum Gasteiger partial charge on any atom is -0.497 e. The predicted octanol–water partition coefficient (Wildman–Crippen LogP) is 4.07. The third-order valence-electron chi connectivity index (χ3n) is 3.07. The van der Waals surface area contributed by atoms with E-state index in [4.69, 9.17) is 9.47 Å². The fourth-order valence-electron chi connectivity index (χ4n) is 2.03. The Morgan fingerprint density at radius 3 is 2.75 bits per heavy atom. The molecule has 0 aromatic heterocycles. The summed E-state index contributed by atoms with van der Waals surface area (Å²) in [6.45, 7) is 0. The lowest BCUT2D eigenvalue weighted by Gasteiger charge is -2.02. The van der Waals surface area contributed by atoms with Gasteiger partial charge in [-0.2, -0.15) is 0 Å². The molecular formula is C16H11BrO3. The molecule has 1 heterocycles. The maximum atomic E-state index is 12.3. The molecule has 0 unspecified atom stereocenters. The zero-order chi connectivity index (χ0) is 14.1. The lowest BCUT2D eigenvalue weighted by atomic mass is 10.1. The van der Waals surface area contributed by atoms with Crippen molar-refractivity contribution in [2.75, 3.05) is 7.11 Å². The topological polar surface area (TPSA) is 35.5 Å². The second-order valence-corrected chi connectivity index (χ2v) is 5.18. The number of allylic oxidation sites excluding steroid dienone is 1. The molecule has 0 saturated heterocycles. The number of ether oxygens (including phenoxy) is 2.